The zero-order valence-electron chi connectivity index (χ0n) is 10.9. The van der Waals surface area contributed by atoms with Gasteiger partial charge in [0.2, 0.25) is 0 Å². The first-order chi connectivity index (χ1) is 9.22. The molecule has 4 N–H and O–H groups in total. The molecule has 0 aliphatic carbocycles. The average molecular weight is 279 g/mol. The van der Waals surface area contributed by atoms with Crippen LogP contribution in [0.3, 0.4) is 0 Å². The van der Waals surface area contributed by atoms with Gasteiger partial charge in [-0.25, -0.2) is 15.8 Å². The van der Waals surface area contributed by atoms with E-state index in [1.165, 1.54) is 4.88 Å². The standard InChI is InChI=1S/C12H17N5OS/c1-8(9-4-3-5-19-9)14-10-6-11(17-13)16-12(15-10)7-18-2/h3-6,8H,7,13H2,1-2H3,(H2,14,15,16,17). The maximum absolute atomic E-state index is 5.40. The first kappa shape index (κ1) is 13.7. The fourth-order valence-electron chi connectivity index (χ4n) is 1.67. The minimum Gasteiger partial charge on any atom is -0.377 e. The number of aromatic nitrogens is 2. The van der Waals surface area contributed by atoms with E-state index in [1.54, 1.807) is 24.5 Å². The van der Waals surface area contributed by atoms with Gasteiger partial charge in [0, 0.05) is 18.1 Å². The van der Waals surface area contributed by atoms with Gasteiger partial charge in [0.15, 0.2) is 5.82 Å². The summed E-state index contributed by atoms with van der Waals surface area (Å²) in [6.07, 6.45) is 0. The number of ether oxygens (including phenoxy) is 1. The highest BCUT2D eigenvalue weighted by Crippen LogP contribution is 2.23. The van der Waals surface area contributed by atoms with Crippen molar-refractivity contribution < 1.29 is 4.74 Å². The van der Waals surface area contributed by atoms with Crippen LogP contribution in [0.4, 0.5) is 11.6 Å². The minimum atomic E-state index is 0.177. The normalized spacial score (nSPS) is 12.2. The summed E-state index contributed by atoms with van der Waals surface area (Å²) in [6.45, 7) is 2.43. The molecule has 19 heavy (non-hydrogen) atoms. The highest BCUT2D eigenvalue weighted by atomic mass is 32.1. The van der Waals surface area contributed by atoms with Gasteiger partial charge in [0.25, 0.3) is 0 Å². The molecule has 1 atom stereocenters. The Morgan fingerprint density at radius 2 is 2.21 bits per heavy atom. The van der Waals surface area contributed by atoms with Gasteiger partial charge in [0.05, 0.1) is 6.04 Å². The van der Waals surface area contributed by atoms with Gasteiger partial charge in [0.1, 0.15) is 18.2 Å². The summed E-state index contributed by atoms with van der Waals surface area (Å²) < 4.78 is 5.04. The molecule has 2 aromatic rings. The Morgan fingerprint density at radius 1 is 1.42 bits per heavy atom. The summed E-state index contributed by atoms with van der Waals surface area (Å²) in [6, 6.07) is 6.06. The maximum atomic E-state index is 5.40. The molecule has 102 valence electrons. The van der Waals surface area contributed by atoms with Crippen molar-refractivity contribution in [1.29, 1.82) is 0 Å². The molecule has 0 saturated carbocycles. The topological polar surface area (TPSA) is 85.1 Å². The van der Waals surface area contributed by atoms with Gasteiger partial charge in [-0.1, -0.05) is 6.07 Å². The summed E-state index contributed by atoms with van der Waals surface area (Å²) in [5.74, 6) is 7.26. The maximum Gasteiger partial charge on any atom is 0.158 e. The first-order valence-electron chi connectivity index (χ1n) is 5.86. The van der Waals surface area contributed by atoms with Crippen LogP contribution >= 0.6 is 11.3 Å². The summed E-state index contributed by atoms with van der Waals surface area (Å²) in [5, 5.41) is 5.38. The molecule has 2 rings (SSSR count). The van der Waals surface area contributed by atoms with Crippen molar-refractivity contribution >= 4 is 23.0 Å². The number of thiophene rings is 1. The Bertz CT molecular complexity index is 517. The monoisotopic (exact) mass is 279 g/mol. The van der Waals surface area contributed by atoms with Crippen LogP contribution in [0.1, 0.15) is 23.7 Å². The molecule has 0 saturated heterocycles. The Morgan fingerprint density at radius 3 is 2.84 bits per heavy atom. The second-order valence-corrected chi connectivity index (χ2v) is 4.99. The molecule has 0 aliphatic heterocycles. The number of nitrogens with one attached hydrogen (secondary N) is 2. The van der Waals surface area contributed by atoms with Crippen molar-refractivity contribution in [3.63, 3.8) is 0 Å². The number of anilines is 2. The average Bonchev–Trinajstić information content (AvgIpc) is 2.92. The third-order valence-corrected chi connectivity index (χ3v) is 3.58. The number of methoxy groups -OCH3 is 1. The highest BCUT2D eigenvalue weighted by molar-refractivity contribution is 7.10. The van der Waals surface area contributed by atoms with Crippen molar-refractivity contribution in [2.45, 2.75) is 19.6 Å². The van der Waals surface area contributed by atoms with Gasteiger partial charge in [-0.2, -0.15) is 0 Å². The predicted octanol–water partition coefficient (Wildman–Crippen LogP) is 2.14. The van der Waals surface area contributed by atoms with E-state index < -0.39 is 0 Å². The molecule has 1 unspecified atom stereocenters. The molecule has 0 aromatic carbocycles. The molecule has 2 aromatic heterocycles. The van der Waals surface area contributed by atoms with Crippen molar-refractivity contribution in [3.05, 3.63) is 34.3 Å². The van der Waals surface area contributed by atoms with E-state index in [9.17, 15) is 0 Å². The first-order valence-corrected chi connectivity index (χ1v) is 6.74. The molecule has 0 bridgehead atoms. The van der Waals surface area contributed by atoms with Crippen molar-refractivity contribution in [2.75, 3.05) is 17.9 Å². The number of nitrogens with two attached hydrogens (primary N) is 1. The van der Waals surface area contributed by atoms with E-state index in [0.29, 0.717) is 18.2 Å². The number of hydrazine groups is 1. The largest absolute Gasteiger partial charge is 0.377 e. The van der Waals surface area contributed by atoms with Crippen molar-refractivity contribution in [3.8, 4) is 0 Å². The third kappa shape index (κ3) is 3.63. The molecule has 7 heteroatoms. The summed E-state index contributed by atoms with van der Waals surface area (Å²) >= 11 is 1.70. The zero-order valence-corrected chi connectivity index (χ0v) is 11.7. The Hall–Kier alpha value is -1.70. The second-order valence-electron chi connectivity index (χ2n) is 4.01. The molecule has 0 aliphatic rings. The van der Waals surface area contributed by atoms with E-state index in [2.05, 4.69) is 39.1 Å². The van der Waals surface area contributed by atoms with E-state index >= 15 is 0 Å². The molecule has 0 fully saturated rings. The van der Waals surface area contributed by atoms with Gasteiger partial charge >= 0.3 is 0 Å². The number of nitrogen functional groups attached to an aromatic ring is 1. The smallest absolute Gasteiger partial charge is 0.158 e. The quantitative estimate of drug-likeness (QED) is 0.555. The van der Waals surface area contributed by atoms with Crippen LogP contribution in [0.5, 0.6) is 0 Å². The van der Waals surface area contributed by atoms with Gasteiger partial charge < -0.3 is 15.5 Å². The van der Waals surface area contributed by atoms with Crippen LogP contribution in [-0.2, 0) is 11.3 Å². The number of hydrogen-bond acceptors (Lipinski definition) is 7. The molecule has 6 nitrogen and oxygen atoms in total. The molecular weight excluding hydrogens is 262 g/mol. The molecule has 0 radical (unpaired) electrons. The lowest BCUT2D eigenvalue weighted by atomic mass is 10.3. The zero-order chi connectivity index (χ0) is 13.7. The Balaban J connectivity index is 2.16. The lowest BCUT2D eigenvalue weighted by Gasteiger charge is -2.14. The SMILES string of the molecule is COCc1nc(NN)cc(NC(C)c2cccs2)n1. The summed E-state index contributed by atoms with van der Waals surface area (Å²) in [7, 11) is 1.60. The predicted molar refractivity (Wildman–Crippen MR) is 76.9 cm³/mol. The minimum absolute atomic E-state index is 0.177. The second kappa shape index (κ2) is 6.46. The van der Waals surface area contributed by atoms with E-state index in [0.717, 1.165) is 5.82 Å². The molecule has 2 heterocycles. The fourth-order valence-corrected chi connectivity index (χ4v) is 2.40. The Labute approximate surface area is 116 Å². The van der Waals surface area contributed by atoms with Crippen LogP contribution in [0.2, 0.25) is 0 Å². The van der Waals surface area contributed by atoms with E-state index in [-0.39, 0.29) is 6.04 Å². The fraction of sp³-hybridized carbons (Fsp3) is 0.333. The molecule has 0 amide bonds. The summed E-state index contributed by atoms with van der Waals surface area (Å²) in [4.78, 5) is 9.83. The number of rotatable bonds is 6. The third-order valence-electron chi connectivity index (χ3n) is 2.53. The lowest BCUT2D eigenvalue weighted by molar-refractivity contribution is 0.178. The van der Waals surface area contributed by atoms with E-state index in [1.807, 2.05) is 6.07 Å². The van der Waals surface area contributed by atoms with Crippen molar-refractivity contribution in [1.82, 2.24) is 9.97 Å². The summed E-state index contributed by atoms with van der Waals surface area (Å²) in [5.41, 5.74) is 2.53. The number of nitrogens with zero attached hydrogens (tertiary/aromatic N) is 2. The van der Waals surface area contributed by atoms with Crippen LogP contribution in [0.15, 0.2) is 23.6 Å². The molecule has 0 spiro atoms. The number of hydrogen-bond donors (Lipinski definition) is 3. The van der Waals surface area contributed by atoms with Gasteiger partial charge in [-0.05, 0) is 18.4 Å². The van der Waals surface area contributed by atoms with Gasteiger partial charge in [-0.15, -0.1) is 11.3 Å². The van der Waals surface area contributed by atoms with Gasteiger partial charge in [-0.3, -0.25) is 0 Å². The van der Waals surface area contributed by atoms with E-state index in [4.69, 9.17) is 10.6 Å². The highest BCUT2D eigenvalue weighted by Gasteiger charge is 2.09. The van der Waals surface area contributed by atoms with Crippen LogP contribution < -0.4 is 16.6 Å². The van der Waals surface area contributed by atoms with Crippen LogP contribution in [-0.4, -0.2) is 17.1 Å². The molecular formula is C12H17N5OS. The lowest BCUT2D eigenvalue weighted by Crippen LogP contribution is -2.13. The van der Waals surface area contributed by atoms with Crippen LogP contribution in [0.25, 0.3) is 0 Å². The van der Waals surface area contributed by atoms with Crippen LogP contribution in [0, 0.1) is 0 Å². The Kier molecular flexibility index (Phi) is 4.67. The van der Waals surface area contributed by atoms with Crippen molar-refractivity contribution in [2.24, 2.45) is 5.84 Å².